The molecule has 8 heteroatoms. The van der Waals surface area contributed by atoms with Crippen molar-refractivity contribution in [3.05, 3.63) is 52.7 Å². The number of piperidine rings is 1. The first-order valence-corrected chi connectivity index (χ1v) is 13.6. The third kappa shape index (κ3) is 5.20. The Hall–Kier alpha value is -3.42. The van der Waals surface area contributed by atoms with E-state index in [1.54, 1.807) is 18.3 Å². The summed E-state index contributed by atoms with van der Waals surface area (Å²) in [5.74, 6) is 0.692. The Balaban J connectivity index is 1.27. The normalized spacial score (nSPS) is 23.4. The molecule has 2 bridgehead atoms. The van der Waals surface area contributed by atoms with Crippen molar-refractivity contribution in [3.8, 4) is 0 Å². The van der Waals surface area contributed by atoms with Crippen LogP contribution in [-0.2, 0) is 0 Å². The molecule has 2 aromatic rings. The molecule has 2 saturated heterocycles. The quantitative estimate of drug-likeness (QED) is 0.441. The van der Waals surface area contributed by atoms with Gasteiger partial charge in [-0.05, 0) is 88.6 Å². The third-order valence-corrected chi connectivity index (χ3v) is 8.20. The van der Waals surface area contributed by atoms with Crippen molar-refractivity contribution in [1.82, 2.24) is 10.3 Å². The number of carbonyl (C=O) groups is 3. The van der Waals surface area contributed by atoms with E-state index >= 15 is 0 Å². The van der Waals surface area contributed by atoms with Crippen LogP contribution in [0.5, 0.6) is 0 Å². The van der Waals surface area contributed by atoms with Crippen LogP contribution in [0.25, 0.3) is 0 Å². The Morgan fingerprint density at radius 1 is 1.08 bits per heavy atom. The van der Waals surface area contributed by atoms with Crippen molar-refractivity contribution < 1.29 is 14.4 Å². The maximum Gasteiger partial charge on any atom is 0.251 e. The maximum absolute atomic E-state index is 13.4. The van der Waals surface area contributed by atoms with Crippen molar-refractivity contribution in [1.29, 1.82) is 0 Å². The van der Waals surface area contributed by atoms with Crippen LogP contribution >= 0.6 is 0 Å². The summed E-state index contributed by atoms with van der Waals surface area (Å²) in [6.45, 7) is 5.92. The highest BCUT2D eigenvalue weighted by atomic mass is 16.2. The van der Waals surface area contributed by atoms with Gasteiger partial charge >= 0.3 is 0 Å². The van der Waals surface area contributed by atoms with E-state index in [0.29, 0.717) is 34.5 Å². The van der Waals surface area contributed by atoms with Gasteiger partial charge in [-0.2, -0.15) is 0 Å². The highest BCUT2D eigenvalue weighted by molar-refractivity contribution is 6.03. The number of aryl methyl sites for hydroxylation is 1. The van der Waals surface area contributed by atoms with Gasteiger partial charge in [-0.1, -0.05) is 6.92 Å². The summed E-state index contributed by atoms with van der Waals surface area (Å²) in [4.78, 5) is 44.7. The van der Waals surface area contributed by atoms with E-state index in [0.717, 1.165) is 56.3 Å². The zero-order valence-corrected chi connectivity index (χ0v) is 21.9. The number of Topliss-reactive ketones (excluding diaryl/α,β-unsaturated/α-hetero) is 1. The van der Waals surface area contributed by atoms with Crippen LogP contribution in [0.2, 0.25) is 0 Å². The molecule has 0 radical (unpaired) electrons. The number of primary amides is 1. The lowest BCUT2D eigenvalue weighted by Gasteiger charge is -2.40. The van der Waals surface area contributed by atoms with Gasteiger partial charge in [0.25, 0.3) is 11.8 Å². The largest absolute Gasteiger partial charge is 0.382 e. The van der Waals surface area contributed by atoms with Crippen LogP contribution in [0.3, 0.4) is 0 Å². The average Bonchev–Trinajstić information content (AvgIpc) is 3.69. The van der Waals surface area contributed by atoms with Crippen LogP contribution in [0.4, 0.5) is 11.5 Å². The summed E-state index contributed by atoms with van der Waals surface area (Å²) in [5.41, 5.74) is 8.60. The SMILES string of the molecule is CC[C@@H](C)Nc1cc(C(=O)NC2CC3CC[C@@H](C2)N3c2ccc(C(=O)C3CC3)cn2)c(C)cc1C(N)=O. The molecule has 8 nitrogen and oxygen atoms in total. The molecule has 0 spiro atoms. The number of hydrogen-bond acceptors (Lipinski definition) is 6. The number of anilines is 2. The molecule has 4 atom stereocenters. The molecular formula is C29H37N5O3. The molecule has 196 valence electrons. The van der Waals surface area contributed by atoms with Gasteiger partial charge in [-0.3, -0.25) is 14.4 Å². The smallest absolute Gasteiger partial charge is 0.251 e. The van der Waals surface area contributed by atoms with Gasteiger partial charge in [-0.15, -0.1) is 0 Å². The molecule has 2 unspecified atom stereocenters. The minimum Gasteiger partial charge on any atom is -0.382 e. The number of carbonyl (C=O) groups excluding carboxylic acids is 3. The van der Waals surface area contributed by atoms with Crippen LogP contribution in [-0.4, -0.2) is 46.7 Å². The van der Waals surface area contributed by atoms with E-state index in [-0.39, 0.29) is 29.7 Å². The summed E-state index contributed by atoms with van der Waals surface area (Å²) in [6.07, 6.45) is 8.43. The topological polar surface area (TPSA) is 117 Å². The Bertz CT molecular complexity index is 1190. The first-order chi connectivity index (χ1) is 17.7. The number of amides is 2. The number of rotatable bonds is 9. The lowest BCUT2D eigenvalue weighted by Crippen LogP contribution is -2.50. The van der Waals surface area contributed by atoms with Gasteiger partial charge in [0.2, 0.25) is 0 Å². The van der Waals surface area contributed by atoms with Crippen molar-refractivity contribution in [3.63, 3.8) is 0 Å². The molecule has 2 amide bonds. The fourth-order valence-electron chi connectivity index (χ4n) is 5.84. The van der Waals surface area contributed by atoms with Crippen LogP contribution in [0.1, 0.15) is 95.4 Å². The molecule has 3 fully saturated rings. The number of aromatic nitrogens is 1. The number of pyridine rings is 1. The van der Waals surface area contributed by atoms with Crippen molar-refractivity contribution >= 4 is 29.1 Å². The number of nitrogens with two attached hydrogens (primary N) is 1. The highest BCUT2D eigenvalue weighted by Crippen LogP contribution is 2.39. The predicted octanol–water partition coefficient (Wildman–Crippen LogP) is 4.22. The van der Waals surface area contributed by atoms with Crippen LogP contribution < -0.4 is 21.3 Å². The van der Waals surface area contributed by atoms with Gasteiger partial charge in [0.15, 0.2) is 5.78 Å². The van der Waals surface area contributed by atoms with E-state index in [2.05, 4.69) is 27.4 Å². The Morgan fingerprint density at radius 2 is 1.78 bits per heavy atom. The predicted molar refractivity (Wildman–Crippen MR) is 144 cm³/mol. The summed E-state index contributed by atoms with van der Waals surface area (Å²) < 4.78 is 0. The Morgan fingerprint density at radius 3 is 2.35 bits per heavy atom. The van der Waals surface area contributed by atoms with Crippen molar-refractivity contribution in [2.24, 2.45) is 11.7 Å². The summed E-state index contributed by atoms with van der Waals surface area (Å²) in [6, 6.07) is 8.19. The van der Waals surface area contributed by atoms with Gasteiger partial charge in [0, 0.05) is 53.1 Å². The highest BCUT2D eigenvalue weighted by Gasteiger charge is 2.42. The molecule has 1 aromatic heterocycles. The first kappa shape index (κ1) is 25.2. The second-order valence-electron chi connectivity index (χ2n) is 11.0. The number of hydrogen-bond donors (Lipinski definition) is 3. The third-order valence-electron chi connectivity index (χ3n) is 8.20. The molecular weight excluding hydrogens is 466 g/mol. The van der Waals surface area contributed by atoms with E-state index in [1.807, 2.05) is 26.0 Å². The number of benzene rings is 1. The Labute approximate surface area is 218 Å². The van der Waals surface area contributed by atoms with Crippen molar-refractivity contribution in [2.75, 3.05) is 10.2 Å². The molecule has 1 aliphatic carbocycles. The molecule has 3 aliphatic rings. The Kier molecular flexibility index (Phi) is 6.92. The van der Waals surface area contributed by atoms with Crippen molar-refractivity contribution in [2.45, 2.75) is 89.9 Å². The molecule has 4 N–H and O–H groups in total. The van der Waals surface area contributed by atoms with Gasteiger partial charge in [0.05, 0.1) is 5.56 Å². The second kappa shape index (κ2) is 10.1. The van der Waals surface area contributed by atoms with Crippen LogP contribution in [0.15, 0.2) is 30.5 Å². The van der Waals surface area contributed by atoms with Gasteiger partial charge in [-0.25, -0.2) is 4.98 Å². The zero-order chi connectivity index (χ0) is 26.3. The number of nitrogens with zero attached hydrogens (tertiary/aromatic N) is 2. The fraction of sp³-hybridized carbons (Fsp3) is 0.517. The first-order valence-electron chi connectivity index (χ1n) is 13.6. The zero-order valence-electron chi connectivity index (χ0n) is 21.9. The second-order valence-corrected chi connectivity index (χ2v) is 11.0. The molecule has 2 aliphatic heterocycles. The summed E-state index contributed by atoms with van der Waals surface area (Å²) >= 11 is 0. The van der Waals surface area contributed by atoms with E-state index in [4.69, 9.17) is 5.73 Å². The van der Waals surface area contributed by atoms with Gasteiger partial charge in [0.1, 0.15) is 5.82 Å². The number of nitrogens with one attached hydrogen (secondary N) is 2. The van der Waals surface area contributed by atoms with E-state index < -0.39 is 5.91 Å². The molecule has 5 rings (SSSR count). The molecule has 1 aromatic carbocycles. The standard InChI is InChI=1S/C29H37N5O3/c1-4-17(3)32-25-14-23(16(2)11-24(25)28(30)36)29(37)33-20-12-21-8-9-22(13-20)34(21)26-10-7-19(15-31-26)27(35)18-5-6-18/h7,10-11,14-15,17-18,20-22,32H,4-6,8-9,12-13H2,1-3H3,(H2,30,36)(H,33,37)/t17-,20?,21+,22?/m1/s1. The van der Waals surface area contributed by atoms with E-state index in [1.165, 1.54) is 0 Å². The summed E-state index contributed by atoms with van der Waals surface area (Å²) in [7, 11) is 0. The minimum absolute atomic E-state index is 0.0677. The lowest BCUT2D eigenvalue weighted by atomic mass is 9.95. The van der Waals surface area contributed by atoms with E-state index in [9.17, 15) is 14.4 Å². The van der Waals surface area contributed by atoms with Crippen LogP contribution in [0, 0.1) is 12.8 Å². The summed E-state index contributed by atoms with van der Waals surface area (Å²) in [5, 5.41) is 6.58. The molecule has 3 heterocycles. The number of fused-ring (bicyclic) bond motifs is 2. The number of ketones is 1. The fourth-order valence-corrected chi connectivity index (χ4v) is 5.84. The monoisotopic (exact) mass is 503 g/mol. The maximum atomic E-state index is 13.4. The molecule has 37 heavy (non-hydrogen) atoms. The lowest BCUT2D eigenvalue weighted by molar-refractivity contribution is 0.0923. The molecule has 1 saturated carbocycles. The minimum atomic E-state index is -0.511. The van der Waals surface area contributed by atoms with Gasteiger partial charge < -0.3 is 21.3 Å². The average molecular weight is 504 g/mol.